The van der Waals surface area contributed by atoms with Crippen LogP contribution in [0.2, 0.25) is 0 Å². The topological polar surface area (TPSA) is 44.4 Å². The van der Waals surface area contributed by atoms with Gasteiger partial charge >= 0.3 is 0 Å². The Hall–Kier alpha value is -0.610. The van der Waals surface area contributed by atoms with E-state index in [1.807, 2.05) is 0 Å². The molecule has 2 heterocycles. The van der Waals surface area contributed by atoms with E-state index in [0.29, 0.717) is 12.0 Å². The second-order valence-corrected chi connectivity index (χ2v) is 7.73. The lowest BCUT2D eigenvalue weighted by atomic mass is 9.85. The Morgan fingerprint density at radius 2 is 2.00 bits per heavy atom. The lowest BCUT2D eigenvalue weighted by Gasteiger charge is -2.24. The second kappa shape index (κ2) is 5.88. The summed E-state index contributed by atoms with van der Waals surface area (Å²) in [6.45, 7) is 3.33. The molecular weight excluding hydrogens is 262 g/mol. The largest absolute Gasteiger partial charge is 0.354 e. The Balaban J connectivity index is 1.21. The standard InChI is InChI=1S/C17H29N3O/c21-17(16-9-13-3-1-2-4-15(13)19-16)18-10-12-7-8-20(11-12)14-5-6-14/h12-16,19H,1-11H2,(H,18,21). The van der Waals surface area contributed by atoms with Crippen LogP contribution >= 0.6 is 0 Å². The zero-order valence-corrected chi connectivity index (χ0v) is 13.0. The third-order valence-corrected chi connectivity index (χ3v) is 6.12. The molecule has 4 unspecified atom stereocenters. The minimum absolute atomic E-state index is 0.0824. The summed E-state index contributed by atoms with van der Waals surface area (Å²) >= 11 is 0. The molecule has 0 radical (unpaired) electrons. The minimum Gasteiger partial charge on any atom is -0.354 e. The number of carbonyl (C=O) groups excluding carboxylic acids is 1. The van der Waals surface area contributed by atoms with Gasteiger partial charge in [-0.25, -0.2) is 0 Å². The minimum atomic E-state index is 0.0824. The zero-order valence-electron chi connectivity index (χ0n) is 13.0. The van der Waals surface area contributed by atoms with Gasteiger partial charge in [-0.15, -0.1) is 0 Å². The number of fused-ring (bicyclic) bond motifs is 1. The van der Waals surface area contributed by atoms with Crippen LogP contribution in [0.15, 0.2) is 0 Å². The molecule has 118 valence electrons. The number of likely N-dealkylation sites (tertiary alicyclic amines) is 1. The molecule has 4 fully saturated rings. The fraction of sp³-hybridized carbons (Fsp3) is 0.941. The van der Waals surface area contributed by atoms with Crippen molar-refractivity contribution in [2.24, 2.45) is 11.8 Å². The third kappa shape index (κ3) is 3.11. The highest BCUT2D eigenvalue weighted by Gasteiger charge is 2.39. The first kappa shape index (κ1) is 14.0. The molecule has 4 heteroatoms. The number of carbonyl (C=O) groups is 1. The van der Waals surface area contributed by atoms with Crippen molar-refractivity contribution in [3.8, 4) is 0 Å². The van der Waals surface area contributed by atoms with Gasteiger partial charge in [0.05, 0.1) is 6.04 Å². The molecule has 4 atom stereocenters. The van der Waals surface area contributed by atoms with Gasteiger partial charge in [0, 0.05) is 25.2 Å². The number of hydrogen-bond acceptors (Lipinski definition) is 3. The maximum atomic E-state index is 12.4. The van der Waals surface area contributed by atoms with Crippen LogP contribution in [0, 0.1) is 11.8 Å². The van der Waals surface area contributed by atoms with Crippen molar-refractivity contribution < 1.29 is 4.79 Å². The number of nitrogens with one attached hydrogen (secondary N) is 2. The van der Waals surface area contributed by atoms with Crippen LogP contribution in [-0.2, 0) is 4.79 Å². The van der Waals surface area contributed by atoms with Crippen LogP contribution in [0.5, 0.6) is 0 Å². The highest BCUT2D eigenvalue weighted by atomic mass is 16.2. The molecule has 0 aromatic carbocycles. The summed E-state index contributed by atoms with van der Waals surface area (Å²) in [5.41, 5.74) is 0. The predicted molar refractivity (Wildman–Crippen MR) is 83.0 cm³/mol. The molecule has 0 aromatic rings. The summed E-state index contributed by atoms with van der Waals surface area (Å²) in [7, 11) is 0. The Labute approximate surface area is 128 Å². The Morgan fingerprint density at radius 3 is 2.81 bits per heavy atom. The molecule has 0 bridgehead atoms. The van der Waals surface area contributed by atoms with Crippen LogP contribution in [0.1, 0.15) is 51.4 Å². The lowest BCUT2D eigenvalue weighted by molar-refractivity contribution is -0.123. The molecule has 2 aliphatic carbocycles. The molecule has 1 amide bonds. The van der Waals surface area contributed by atoms with Crippen molar-refractivity contribution in [1.29, 1.82) is 0 Å². The Bertz CT molecular complexity index is 381. The first-order valence-corrected chi connectivity index (χ1v) is 9.07. The molecule has 2 saturated heterocycles. The van der Waals surface area contributed by atoms with Crippen molar-refractivity contribution in [1.82, 2.24) is 15.5 Å². The van der Waals surface area contributed by atoms with Crippen LogP contribution in [0.3, 0.4) is 0 Å². The SMILES string of the molecule is O=C(NCC1CCN(C2CC2)C1)C1CC2CCCCC2N1. The van der Waals surface area contributed by atoms with Crippen molar-refractivity contribution in [3.05, 3.63) is 0 Å². The average Bonchev–Trinajstić information content (AvgIpc) is 3.09. The van der Waals surface area contributed by atoms with Crippen LogP contribution in [0.25, 0.3) is 0 Å². The number of nitrogens with zero attached hydrogens (tertiary/aromatic N) is 1. The molecule has 4 nitrogen and oxygen atoms in total. The summed E-state index contributed by atoms with van der Waals surface area (Å²) in [5.74, 6) is 1.69. The Morgan fingerprint density at radius 1 is 1.14 bits per heavy atom. The summed E-state index contributed by atoms with van der Waals surface area (Å²) in [6, 6.07) is 1.58. The van der Waals surface area contributed by atoms with Crippen molar-refractivity contribution in [3.63, 3.8) is 0 Å². The first-order valence-electron chi connectivity index (χ1n) is 9.07. The fourth-order valence-corrected chi connectivity index (χ4v) is 4.69. The number of amides is 1. The molecular formula is C17H29N3O. The normalized spacial score (nSPS) is 40.2. The van der Waals surface area contributed by atoms with Gasteiger partial charge in [0.15, 0.2) is 0 Å². The van der Waals surface area contributed by atoms with Gasteiger partial charge in [0.2, 0.25) is 5.91 Å². The molecule has 4 rings (SSSR count). The molecule has 21 heavy (non-hydrogen) atoms. The smallest absolute Gasteiger partial charge is 0.237 e. The summed E-state index contributed by atoms with van der Waals surface area (Å²) < 4.78 is 0. The van der Waals surface area contributed by atoms with Crippen molar-refractivity contribution >= 4 is 5.91 Å². The van der Waals surface area contributed by atoms with E-state index in [1.54, 1.807) is 0 Å². The number of hydrogen-bond donors (Lipinski definition) is 2. The maximum Gasteiger partial charge on any atom is 0.237 e. The van der Waals surface area contributed by atoms with Crippen LogP contribution < -0.4 is 10.6 Å². The summed E-state index contributed by atoms with van der Waals surface area (Å²) in [5, 5.41) is 6.81. The summed E-state index contributed by atoms with van der Waals surface area (Å²) in [6.07, 6.45) is 10.4. The predicted octanol–water partition coefficient (Wildman–Crippen LogP) is 1.51. The van der Waals surface area contributed by atoms with E-state index in [2.05, 4.69) is 15.5 Å². The molecule has 2 saturated carbocycles. The van der Waals surface area contributed by atoms with E-state index >= 15 is 0 Å². The highest BCUT2D eigenvalue weighted by Crippen LogP contribution is 2.33. The fourth-order valence-electron chi connectivity index (χ4n) is 4.69. The highest BCUT2D eigenvalue weighted by molar-refractivity contribution is 5.82. The quantitative estimate of drug-likeness (QED) is 0.825. The molecule has 0 aromatic heterocycles. The van der Waals surface area contributed by atoms with Crippen molar-refractivity contribution in [2.45, 2.75) is 69.5 Å². The Kier molecular flexibility index (Phi) is 3.92. The van der Waals surface area contributed by atoms with Gasteiger partial charge in [-0.3, -0.25) is 4.79 Å². The van der Waals surface area contributed by atoms with Crippen LogP contribution in [0.4, 0.5) is 0 Å². The van der Waals surface area contributed by atoms with Gasteiger partial charge in [-0.05, 0) is 56.9 Å². The van der Waals surface area contributed by atoms with Gasteiger partial charge in [-0.2, -0.15) is 0 Å². The molecule has 2 aliphatic heterocycles. The van der Waals surface area contributed by atoms with E-state index in [9.17, 15) is 4.79 Å². The zero-order chi connectivity index (χ0) is 14.2. The van der Waals surface area contributed by atoms with Gasteiger partial charge in [-0.1, -0.05) is 12.8 Å². The van der Waals surface area contributed by atoms with E-state index in [4.69, 9.17) is 0 Å². The molecule has 4 aliphatic rings. The first-order chi connectivity index (χ1) is 10.3. The lowest BCUT2D eigenvalue weighted by Crippen LogP contribution is -2.44. The van der Waals surface area contributed by atoms with Gasteiger partial charge in [0.1, 0.15) is 0 Å². The van der Waals surface area contributed by atoms with Gasteiger partial charge < -0.3 is 15.5 Å². The third-order valence-electron chi connectivity index (χ3n) is 6.12. The molecule has 2 N–H and O–H groups in total. The molecule has 0 spiro atoms. The second-order valence-electron chi connectivity index (χ2n) is 7.73. The summed E-state index contributed by atoms with van der Waals surface area (Å²) in [4.78, 5) is 15.0. The van der Waals surface area contributed by atoms with Gasteiger partial charge in [0.25, 0.3) is 0 Å². The maximum absolute atomic E-state index is 12.4. The van der Waals surface area contributed by atoms with E-state index in [0.717, 1.165) is 24.9 Å². The van der Waals surface area contributed by atoms with E-state index < -0.39 is 0 Å². The van der Waals surface area contributed by atoms with E-state index in [-0.39, 0.29) is 11.9 Å². The van der Waals surface area contributed by atoms with Crippen molar-refractivity contribution in [2.75, 3.05) is 19.6 Å². The van der Waals surface area contributed by atoms with E-state index in [1.165, 1.54) is 58.0 Å². The average molecular weight is 291 g/mol. The van der Waals surface area contributed by atoms with Crippen LogP contribution in [-0.4, -0.2) is 48.6 Å². The number of rotatable bonds is 4. The monoisotopic (exact) mass is 291 g/mol.